The van der Waals surface area contributed by atoms with Crippen molar-refractivity contribution in [1.29, 1.82) is 0 Å². The molecule has 1 heterocycles. The summed E-state index contributed by atoms with van der Waals surface area (Å²) in [6.07, 6.45) is -0.260. The minimum Gasteiger partial charge on any atom is -0.496 e. The van der Waals surface area contributed by atoms with Crippen molar-refractivity contribution in [1.82, 2.24) is 10.2 Å². The number of carbonyl (C=O) groups excluding carboxylic acids is 1. The van der Waals surface area contributed by atoms with Gasteiger partial charge in [0.15, 0.2) is 0 Å². The molecule has 1 atom stereocenters. The van der Waals surface area contributed by atoms with E-state index in [-0.39, 0.29) is 24.5 Å². The molecule has 0 bridgehead atoms. The van der Waals surface area contributed by atoms with E-state index in [1.54, 1.807) is 12.0 Å². The van der Waals surface area contributed by atoms with Gasteiger partial charge in [0.25, 0.3) is 0 Å². The van der Waals surface area contributed by atoms with E-state index >= 15 is 0 Å². The standard InChI is InChI=1S/C16H24N2O3.ClH/c1-16(2,3)21-15(19)18-10-9-17-13(11-18)12-7-5-6-8-14(12)20-4;/h5-8,13,17H,9-11H2,1-4H3;1H. The van der Waals surface area contributed by atoms with Crippen LogP contribution in [0, 0.1) is 0 Å². The monoisotopic (exact) mass is 328 g/mol. The predicted octanol–water partition coefficient (Wildman–Crippen LogP) is 3.00. The summed E-state index contributed by atoms with van der Waals surface area (Å²) in [6.45, 7) is 7.61. The maximum absolute atomic E-state index is 12.2. The highest BCUT2D eigenvalue weighted by atomic mass is 35.5. The van der Waals surface area contributed by atoms with E-state index in [4.69, 9.17) is 9.47 Å². The lowest BCUT2D eigenvalue weighted by atomic mass is 10.0. The van der Waals surface area contributed by atoms with Crippen LogP contribution in [0.25, 0.3) is 0 Å². The van der Waals surface area contributed by atoms with Gasteiger partial charge in [-0.3, -0.25) is 0 Å². The van der Waals surface area contributed by atoms with Crippen LogP contribution < -0.4 is 10.1 Å². The molecule has 22 heavy (non-hydrogen) atoms. The van der Waals surface area contributed by atoms with Crippen LogP contribution in [-0.4, -0.2) is 43.3 Å². The number of methoxy groups -OCH3 is 1. The SMILES string of the molecule is COc1ccccc1C1CN(C(=O)OC(C)(C)C)CCN1.Cl. The van der Waals surface area contributed by atoms with E-state index in [1.807, 2.05) is 45.0 Å². The summed E-state index contributed by atoms with van der Waals surface area (Å²) in [6, 6.07) is 7.93. The van der Waals surface area contributed by atoms with Gasteiger partial charge in [0.2, 0.25) is 0 Å². The van der Waals surface area contributed by atoms with Crippen molar-refractivity contribution in [3.63, 3.8) is 0 Å². The number of hydrogen-bond donors (Lipinski definition) is 1. The first-order valence-corrected chi connectivity index (χ1v) is 7.25. The average Bonchev–Trinajstić information content (AvgIpc) is 2.45. The fourth-order valence-electron chi connectivity index (χ4n) is 2.40. The van der Waals surface area contributed by atoms with Gasteiger partial charge in [-0.05, 0) is 26.8 Å². The highest BCUT2D eigenvalue weighted by molar-refractivity contribution is 5.85. The molecule has 1 aliphatic rings. The molecular formula is C16H25ClN2O3. The summed E-state index contributed by atoms with van der Waals surface area (Å²) in [5.41, 5.74) is 0.593. The lowest BCUT2D eigenvalue weighted by Crippen LogP contribution is -2.49. The van der Waals surface area contributed by atoms with Crippen molar-refractivity contribution in [2.75, 3.05) is 26.7 Å². The van der Waals surface area contributed by atoms with Crippen molar-refractivity contribution in [3.05, 3.63) is 29.8 Å². The molecule has 5 nitrogen and oxygen atoms in total. The molecule has 0 spiro atoms. The summed E-state index contributed by atoms with van der Waals surface area (Å²) in [5, 5.41) is 3.43. The first-order valence-electron chi connectivity index (χ1n) is 7.25. The predicted molar refractivity (Wildman–Crippen MR) is 88.8 cm³/mol. The molecule has 6 heteroatoms. The average molecular weight is 329 g/mol. The second kappa shape index (κ2) is 7.70. The highest BCUT2D eigenvalue weighted by Gasteiger charge is 2.29. The number of amides is 1. The van der Waals surface area contributed by atoms with Crippen LogP contribution >= 0.6 is 12.4 Å². The number of piperazine rings is 1. The van der Waals surface area contributed by atoms with Crippen molar-refractivity contribution in [2.24, 2.45) is 0 Å². The van der Waals surface area contributed by atoms with E-state index in [2.05, 4.69) is 5.32 Å². The first-order chi connectivity index (χ1) is 9.90. The third-order valence-corrected chi connectivity index (χ3v) is 3.34. The summed E-state index contributed by atoms with van der Waals surface area (Å²) in [7, 11) is 1.66. The maximum Gasteiger partial charge on any atom is 0.410 e. The molecule has 1 amide bonds. The number of nitrogens with zero attached hydrogens (tertiary/aromatic N) is 1. The van der Waals surface area contributed by atoms with Crippen LogP contribution in [0.3, 0.4) is 0 Å². The van der Waals surface area contributed by atoms with Gasteiger partial charge < -0.3 is 19.7 Å². The van der Waals surface area contributed by atoms with E-state index in [0.717, 1.165) is 17.9 Å². The normalized spacial score (nSPS) is 18.4. The van der Waals surface area contributed by atoms with Gasteiger partial charge in [0.1, 0.15) is 11.4 Å². The number of para-hydroxylation sites is 1. The molecule has 0 aromatic heterocycles. The molecule has 1 fully saturated rings. The number of rotatable bonds is 2. The van der Waals surface area contributed by atoms with Crippen LogP contribution in [0.2, 0.25) is 0 Å². The quantitative estimate of drug-likeness (QED) is 0.906. The summed E-state index contributed by atoms with van der Waals surface area (Å²) in [5.74, 6) is 0.834. The molecule has 1 saturated heterocycles. The van der Waals surface area contributed by atoms with Crippen LogP contribution in [0.15, 0.2) is 24.3 Å². The Balaban J connectivity index is 0.00000242. The third kappa shape index (κ3) is 4.78. The van der Waals surface area contributed by atoms with Gasteiger partial charge in [0.05, 0.1) is 13.2 Å². The first kappa shape index (κ1) is 18.6. The number of hydrogen-bond acceptors (Lipinski definition) is 4. The Morgan fingerprint density at radius 1 is 1.32 bits per heavy atom. The number of ether oxygens (including phenoxy) is 2. The van der Waals surface area contributed by atoms with Crippen LogP contribution in [0.5, 0.6) is 5.75 Å². The zero-order valence-electron chi connectivity index (χ0n) is 13.6. The molecule has 1 aliphatic heterocycles. The van der Waals surface area contributed by atoms with Gasteiger partial charge in [-0.15, -0.1) is 12.4 Å². The van der Waals surface area contributed by atoms with E-state index in [9.17, 15) is 4.79 Å². The Labute approximate surface area is 138 Å². The van der Waals surface area contributed by atoms with Crippen LogP contribution in [0.4, 0.5) is 4.79 Å². The highest BCUT2D eigenvalue weighted by Crippen LogP contribution is 2.27. The third-order valence-electron chi connectivity index (χ3n) is 3.34. The van der Waals surface area contributed by atoms with E-state index in [0.29, 0.717) is 13.1 Å². The Morgan fingerprint density at radius 2 is 2.00 bits per heavy atom. The Bertz CT molecular complexity index is 502. The van der Waals surface area contributed by atoms with Crippen molar-refractivity contribution in [2.45, 2.75) is 32.4 Å². The number of carbonyl (C=O) groups is 1. The van der Waals surface area contributed by atoms with Gasteiger partial charge >= 0.3 is 6.09 Å². The van der Waals surface area contributed by atoms with Crippen LogP contribution in [0.1, 0.15) is 32.4 Å². The molecule has 0 saturated carbocycles. The van der Waals surface area contributed by atoms with Gasteiger partial charge in [-0.1, -0.05) is 18.2 Å². The second-order valence-electron chi connectivity index (χ2n) is 6.18. The Hall–Kier alpha value is -1.46. The van der Waals surface area contributed by atoms with Gasteiger partial charge in [-0.2, -0.15) is 0 Å². The fraction of sp³-hybridized carbons (Fsp3) is 0.562. The molecule has 1 N–H and O–H groups in total. The molecule has 1 unspecified atom stereocenters. The van der Waals surface area contributed by atoms with Gasteiger partial charge in [0, 0.05) is 25.2 Å². The molecule has 2 rings (SSSR count). The molecule has 0 aliphatic carbocycles. The number of halogens is 1. The molecule has 1 aromatic carbocycles. The van der Waals surface area contributed by atoms with Crippen molar-refractivity contribution >= 4 is 18.5 Å². The largest absolute Gasteiger partial charge is 0.496 e. The van der Waals surface area contributed by atoms with Crippen molar-refractivity contribution in [3.8, 4) is 5.75 Å². The lowest BCUT2D eigenvalue weighted by Gasteiger charge is -2.35. The smallest absolute Gasteiger partial charge is 0.410 e. The zero-order valence-corrected chi connectivity index (χ0v) is 14.4. The summed E-state index contributed by atoms with van der Waals surface area (Å²) >= 11 is 0. The van der Waals surface area contributed by atoms with E-state index in [1.165, 1.54) is 0 Å². The molecule has 124 valence electrons. The summed E-state index contributed by atoms with van der Waals surface area (Å²) < 4.78 is 10.8. The summed E-state index contributed by atoms with van der Waals surface area (Å²) in [4.78, 5) is 13.9. The molecular weight excluding hydrogens is 304 g/mol. The second-order valence-corrected chi connectivity index (χ2v) is 6.18. The van der Waals surface area contributed by atoms with Crippen molar-refractivity contribution < 1.29 is 14.3 Å². The minimum atomic E-state index is -0.470. The van der Waals surface area contributed by atoms with Gasteiger partial charge in [-0.25, -0.2) is 4.79 Å². The fourth-order valence-corrected chi connectivity index (χ4v) is 2.40. The number of nitrogens with one attached hydrogen (secondary N) is 1. The lowest BCUT2D eigenvalue weighted by molar-refractivity contribution is 0.0194. The maximum atomic E-state index is 12.2. The Kier molecular flexibility index (Phi) is 6.50. The van der Waals surface area contributed by atoms with Crippen LogP contribution in [-0.2, 0) is 4.74 Å². The number of benzene rings is 1. The minimum absolute atomic E-state index is 0. The topological polar surface area (TPSA) is 50.8 Å². The molecule has 0 radical (unpaired) electrons. The molecule has 1 aromatic rings. The van der Waals surface area contributed by atoms with E-state index < -0.39 is 5.60 Å². The zero-order chi connectivity index (χ0) is 15.5. The Morgan fingerprint density at radius 3 is 2.64 bits per heavy atom.